The lowest BCUT2D eigenvalue weighted by Crippen LogP contribution is -2.07. The van der Waals surface area contributed by atoms with Gasteiger partial charge in [0, 0.05) is 19.3 Å². The first-order chi connectivity index (χ1) is 6.77. The number of rotatable bonds is 6. The van der Waals surface area contributed by atoms with Crippen LogP contribution in [0.2, 0.25) is 0 Å². The minimum Gasteiger partial charge on any atom is -0.356 e. The number of nitrogens with zero attached hydrogens (tertiary/aromatic N) is 2. The average molecular weight is 213 g/mol. The summed E-state index contributed by atoms with van der Waals surface area (Å²) in [4.78, 5) is 4.42. The minimum absolute atomic E-state index is 0.930. The van der Waals surface area contributed by atoms with Gasteiger partial charge < -0.3 is 9.88 Å². The van der Waals surface area contributed by atoms with Gasteiger partial charge in [-0.1, -0.05) is 0 Å². The van der Waals surface area contributed by atoms with Gasteiger partial charge in [-0.15, -0.1) is 0 Å². The second kappa shape index (κ2) is 5.96. The molecule has 0 bridgehead atoms. The number of nitrogens with one attached hydrogen (secondary N) is 1. The number of anilines is 1. The van der Waals surface area contributed by atoms with Gasteiger partial charge in [0.1, 0.15) is 0 Å². The van der Waals surface area contributed by atoms with Crippen molar-refractivity contribution in [3.05, 3.63) is 11.9 Å². The first-order valence-electron chi connectivity index (χ1n) is 5.04. The molecule has 3 nitrogen and oxygen atoms in total. The molecule has 0 amide bonds. The van der Waals surface area contributed by atoms with Gasteiger partial charge in [-0.05, 0) is 32.3 Å². The van der Waals surface area contributed by atoms with Crippen LogP contribution in [0.1, 0.15) is 19.0 Å². The Morgan fingerprint density at radius 3 is 3.00 bits per heavy atom. The Morgan fingerprint density at radius 2 is 2.36 bits per heavy atom. The quantitative estimate of drug-likeness (QED) is 0.736. The molecule has 0 fully saturated rings. The predicted octanol–water partition coefficient (Wildman–Crippen LogP) is 2.38. The second-order valence-corrected chi connectivity index (χ2v) is 4.26. The molecule has 4 heteroatoms. The summed E-state index contributed by atoms with van der Waals surface area (Å²) in [6, 6.07) is 0. The highest BCUT2D eigenvalue weighted by molar-refractivity contribution is 7.98. The van der Waals surface area contributed by atoms with Crippen molar-refractivity contribution in [2.24, 2.45) is 0 Å². The lowest BCUT2D eigenvalue weighted by Gasteiger charge is -2.07. The van der Waals surface area contributed by atoms with Crippen molar-refractivity contribution in [2.45, 2.75) is 26.8 Å². The van der Waals surface area contributed by atoms with Crippen molar-refractivity contribution in [3.63, 3.8) is 0 Å². The molecular weight excluding hydrogens is 194 g/mol. The second-order valence-electron chi connectivity index (χ2n) is 3.28. The highest BCUT2D eigenvalue weighted by Gasteiger charge is 2.02. The van der Waals surface area contributed by atoms with Crippen LogP contribution >= 0.6 is 11.8 Å². The lowest BCUT2D eigenvalue weighted by atomic mass is 10.4. The van der Waals surface area contributed by atoms with Crippen LogP contribution in [0.5, 0.6) is 0 Å². The van der Waals surface area contributed by atoms with Gasteiger partial charge in [0.25, 0.3) is 0 Å². The summed E-state index contributed by atoms with van der Waals surface area (Å²) in [6.45, 7) is 6.12. The summed E-state index contributed by atoms with van der Waals surface area (Å²) < 4.78 is 2.20. The summed E-state index contributed by atoms with van der Waals surface area (Å²) in [5.41, 5.74) is 1.09. The number of imidazole rings is 1. The van der Waals surface area contributed by atoms with E-state index in [2.05, 4.69) is 34.2 Å². The van der Waals surface area contributed by atoms with E-state index in [-0.39, 0.29) is 0 Å². The van der Waals surface area contributed by atoms with Crippen LogP contribution in [0.3, 0.4) is 0 Å². The van der Waals surface area contributed by atoms with Gasteiger partial charge in [-0.2, -0.15) is 11.8 Å². The monoisotopic (exact) mass is 213 g/mol. The van der Waals surface area contributed by atoms with E-state index in [1.54, 1.807) is 0 Å². The van der Waals surface area contributed by atoms with Crippen molar-refractivity contribution in [3.8, 4) is 0 Å². The van der Waals surface area contributed by atoms with E-state index in [0.29, 0.717) is 0 Å². The van der Waals surface area contributed by atoms with Gasteiger partial charge in [-0.3, -0.25) is 0 Å². The Labute approximate surface area is 90.3 Å². The van der Waals surface area contributed by atoms with E-state index in [1.165, 1.54) is 12.2 Å². The Bertz CT molecular complexity index is 270. The zero-order valence-electron chi connectivity index (χ0n) is 9.21. The average Bonchev–Trinajstić information content (AvgIpc) is 2.48. The maximum Gasteiger partial charge on any atom is 0.203 e. The molecule has 1 heterocycles. The summed E-state index contributed by atoms with van der Waals surface area (Å²) in [7, 11) is 0. The van der Waals surface area contributed by atoms with Crippen molar-refractivity contribution in [1.29, 1.82) is 0 Å². The van der Waals surface area contributed by atoms with Gasteiger partial charge in [0.2, 0.25) is 5.95 Å². The van der Waals surface area contributed by atoms with Crippen LogP contribution < -0.4 is 5.32 Å². The van der Waals surface area contributed by atoms with Gasteiger partial charge in [-0.25, -0.2) is 4.98 Å². The molecule has 0 aromatic carbocycles. The van der Waals surface area contributed by atoms with Crippen LogP contribution in [0, 0.1) is 6.92 Å². The zero-order valence-corrected chi connectivity index (χ0v) is 10.0. The van der Waals surface area contributed by atoms with Gasteiger partial charge in [0.05, 0.1) is 5.69 Å². The highest BCUT2D eigenvalue weighted by atomic mass is 32.2. The van der Waals surface area contributed by atoms with E-state index in [9.17, 15) is 0 Å². The molecule has 0 unspecified atom stereocenters. The van der Waals surface area contributed by atoms with Crippen molar-refractivity contribution >= 4 is 17.7 Å². The van der Waals surface area contributed by atoms with Crippen molar-refractivity contribution in [2.75, 3.05) is 23.9 Å². The largest absolute Gasteiger partial charge is 0.356 e. The van der Waals surface area contributed by atoms with Crippen LogP contribution in [0.15, 0.2) is 6.20 Å². The first kappa shape index (κ1) is 11.4. The van der Waals surface area contributed by atoms with Crippen molar-refractivity contribution in [1.82, 2.24) is 9.55 Å². The predicted molar refractivity (Wildman–Crippen MR) is 64.1 cm³/mol. The van der Waals surface area contributed by atoms with E-state index >= 15 is 0 Å². The molecule has 0 spiro atoms. The minimum atomic E-state index is 0.930. The number of aromatic nitrogens is 2. The summed E-state index contributed by atoms with van der Waals surface area (Å²) in [5.74, 6) is 2.22. The molecule has 0 aliphatic rings. The lowest BCUT2D eigenvalue weighted by molar-refractivity contribution is 0.688. The van der Waals surface area contributed by atoms with Crippen LogP contribution in [-0.4, -0.2) is 28.1 Å². The smallest absolute Gasteiger partial charge is 0.203 e. The third kappa shape index (κ3) is 3.25. The first-order valence-corrected chi connectivity index (χ1v) is 6.44. The standard InChI is InChI=1S/C10H19N3S/c1-4-11-10-12-9(2)8-13(10)6-5-7-14-3/h8H,4-7H2,1-3H3,(H,11,12). The normalized spacial score (nSPS) is 10.5. The van der Waals surface area contributed by atoms with Crippen LogP contribution in [-0.2, 0) is 6.54 Å². The zero-order chi connectivity index (χ0) is 10.4. The molecule has 0 aliphatic heterocycles. The summed E-state index contributed by atoms with van der Waals surface area (Å²) in [6.07, 6.45) is 5.46. The molecule has 0 saturated carbocycles. The Hall–Kier alpha value is -0.640. The molecule has 1 rings (SSSR count). The van der Waals surface area contributed by atoms with E-state index < -0.39 is 0 Å². The Balaban J connectivity index is 2.54. The maximum absolute atomic E-state index is 4.42. The molecule has 0 aliphatic carbocycles. The molecule has 1 N–H and O–H groups in total. The molecular formula is C10H19N3S. The maximum atomic E-state index is 4.42. The number of hydrogen-bond acceptors (Lipinski definition) is 3. The fraction of sp³-hybridized carbons (Fsp3) is 0.700. The topological polar surface area (TPSA) is 29.9 Å². The fourth-order valence-electron chi connectivity index (χ4n) is 1.40. The Kier molecular flexibility index (Phi) is 4.87. The molecule has 0 atom stereocenters. The molecule has 0 radical (unpaired) electrons. The van der Waals surface area contributed by atoms with Crippen LogP contribution in [0.25, 0.3) is 0 Å². The number of hydrogen-bond donors (Lipinski definition) is 1. The molecule has 1 aromatic heterocycles. The molecule has 1 aromatic rings. The van der Waals surface area contributed by atoms with Crippen LogP contribution in [0.4, 0.5) is 5.95 Å². The van der Waals surface area contributed by atoms with E-state index in [1.807, 2.05) is 18.7 Å². The number of aryl methyl sites for hydroxylation is 2. The molecule has 80 valence electrons. The third-order valence-electron chi connectivity index (χ3n) is 1.98. The highest BCUT2D eigenvalue weighted by Crippen LogP contribution is 2.09. The van der Waals surface area contributed by atoms with E-state index in [4.69, 9.17) is 0 Å². The summed E-state index contributed by atoms with van der Waals surface area (Å²) >= 11 is 1.89. The molecule has 14 heavy (non-hydrogen) atoms. The fourth-order valence-corrected chi connectivity index (χ4v) is 1.81. The van der Waals surface area contributed by atoms with Crippen molar-refractivity contribution < 1.29 is 0 Å². The number of thioether (sulfide) groups is 1. The summed E-state index contributed by atoms with van der Waals surface area (Å²) in [5, 5.41) is 3.27. The Morgan fingerprint density at radius 1 is 1.57 bits per heavy atom. The van der Waals surface area contributed by atoms with Gasteiger partial charge in [0.15, 0.2) is 0 Å². The van der Waals surface area contributed by atoms with E-state index in [0.717, 1.165) is 24.7 Å². The van der Waals surface area contributed by atoms with Gasteiger partial charge >= 0.3 is 0 Å². The molecule has 0 saturated heterocycles. The third-order valence-corrected chi connectivity index (χ3v) is 2.68. The SMILES string of the molecule is CCNc1nc(C)cn1CCCSC.